The van der Waals surface area contributed by atoms with Crippen LogP contribution in [0.5, 0.6) is 11.5 Å². The number of Topliss-reactive ketones (excluding diaryl/α,β-unsaturated/α-hetero) is 2. The second-order valence-electron chi connectivity index (χ2n) is 6.81. The maximum Gasteiger partial charge on any atom is 0.352 e. The van der Waals surface area contributed by atoms with Gasteiger partial charge in [-0.25, -0.2) is 9.59 Å². The highest BCUT2D eigenvalue weighted by Gasteiger charge is 2.20. The Morgan fingerprint density at radius 3 is 2.25 bits per heavy atom. The lowest BCUT2D eigenvalue weighted by molar-refractivity contribution is -0.223. The van der Waals surface area contributed by atoms with E-state index in [1.807, 2.05) is 6.07 Å². The van der Waals surface area contributed by atoms with Crippen molar-refractivity contribution in [2.75, 3.05) is 6.54 Å². The number of fused-ring (bicyclic) bond motifs is 1. The summed E-state index contributed by atoms with van der Waals surface area (Å²) in [5, 5.41) is 3.27. The van der Waals surface area contributed by atoms with Crippen LogP contribution in [-0.2, 0) is 32.3 Å². The van der Waals surface area contributed by atoms with Crippen LogP contribution in [0.25, 0.3) is 0 Å². The molecule has 1 aliphatic heterocycles. The highest BCUT2D eigenvalue weighted by atomic mass is 35.5. The Labute approximate surface area is 194 Å². The second kappa shape index (κ2) is 11.6. The monoisotopic (exact) mass is 483 g/mol. The van der Waals surface area contributed by atoms with Crippen LogP contribution in [-0.4, -0.2) is 30.0 Å². The number of ketones is 2. The molecule has 0 aliphatic carbocycles. The van der Waals surface area contributed by atoms with E-state index in [1.54, 1.807) is 0 Å². The molecule has 0 bridgehead atoms. The number of carbonyl (C=O) groups excluding carboxylic acids is 4. The third-order valence-corrected chi connectivity index (χ3v) is 5.64. The topological polar surface area (TPSA) is 117 Å². The summed E-state index contributed by atoms with van der Waals surface area (Å²) in [5.41, 5.74) is 1.36. The van der Waals surface area contributed by atoms with Gasteiger partial charge in [0.05, 0.1) is 4.88 Å². The van der Waals surface area contributed by atoms with E-state index in [-0.39, 0.29) is 53.9 Å². The standard InChI is InChI=1S/C21H21NO8S.ClH/c1-12(23)27-29-18-6-3-14(9-19(18)30-28-13(2)24)16(25)4-5-17(26)21-10-15-11-22-8-7-20(15)31-21;/h3,6,9-10,22H,4-5,7-8,11H2,1-2H3;1H. The lowest BCUT2D eigenvalue weighted by Crippen LogP contribution is -2.21. The molecule has 172 valence electrons. The average Bonchev–Trinajstić information content (AvgIpc) is 3.19. The van der Waals surface area contributed by atoms with Crippen molar-refractivity contribution in [3.63, 3.8) is 0 Å². The molecule has 11 heteroatoms. The molecular weight excluding hydrogens is 462 g/mol. The highest BCUT2D eigenvalue weighted by molar-refractivity contribution is 7.14. The van der Waals surface area contributed by atoms with E-state index in [2.05, 4.69) is 15.1 Å². The van der Waals surface area contributed by atoms with Crippen molar-refractivity contribution in [3.05, 3.63) is 45.1 Å². The van der Waals surface area contributed by atoms with Crippen LogP contribution in [0.4, 0.5) is 0 Å². The summed E-state index contributed by atoms with van der Waals surface area (Å²) >= 11 is 1.49. The molecule has 0 atom stereocenters. The van der Waals surface area contributed by atoms with Gasteiger partial charge in [0.1, 0.15) is 0 Å². The maximum absolute atomic E-state index is 12.6. The Balaban J connectivity index is 0.00000363. The number of nitrogens with one attached hydrogen (secondary N) is 1. The van der Waals surface area contributed by atoms with Gasteiger partial charge >= 0.3 is 11.9 Å². The molecule has 0 spiro atoms. The predicted octanol–water partition coefficient (Wildman–Crippen LogP) is 3.38. The van der Waals surface area contributed by atoms with Crippen LogP contribution >= 0.6 is 23.7 Å². The number of carbonyl (C=O) groups is 4. The number of benzene rings is 1. The second-order valence-corrected chi connectivity index (χ2v) is 7.95. The molecule has 2 aromatic rings. The van der Waals surface area contributed by atoms with Crippen LogP contribution < -0.4 is 15.1 Å². The molecule has 32 heavy (non-hydrogen) atoms. The molecule has 0 unspecified atom stereocenters. The molecule has 1 aromatic carbocycles. The van der Waals surface area contributed by atoms with Crippen molar-refractivity contribution < 1.29 is 38.7 Å². The molecule has 0 radical (unpaired) electrons. The quantitative estimate of drug-likeness (QED) is 0.325. The summed E-state index contributed by atoms with van der Waals surface area (Å²) in [7, 11) is 0. The lowest BCUT2D eigenvalue weighted by atomic mass is 10.0. The zero-order valence-electron chi connectivity index (χ0n) is 17.4. The van der Waals surface area contributed by atoms with Crippen LogP contribution in [0.3, 0.4) is 0 Å². The van der Waals surface area contributed by atoms with E-state index < -0.39 is 11.9 Å². The van der Waals surface area contributed by atoms with Gasteiger partial charge in [-0.3, -0.25) is 29.1 Å². The van der Waals surface area contributed by atoms with Gasteiger partial charge in [-0.15, -0.1) is 23.7 Å². The third-order valence-electron chi connectivity index (χ3n) is 4.36. The summed E-state index contributed by atoms with van der Waals surface area (Å²) in [4.78, 5) is 67.6. The summed E-state index contributed by atoms with van der Waals surface area (Å²) in [6.45, 7) is 3.92. The summed E-state index contributed by atoms with van der Waals surface area (Å²) in [6.07, 6.45) is 0.966. The Bertz CT molecular complexity index is 996. The van der Waals surface area contributed by atoms with Crippen molar-refractivity contribution in [1.82, 2.24) is 5.32 Å². The van der Waals surface area contributed by atoms with Crippen molar-refractivity contribution in [2.24, 2.45) is 0 Å². The van der Waals surface area contributed by atoms with E-state index >= 15 is 0 Å². The predicted molar refractivity (Wildman–Crippen MR) is 116 cm³/mol. The highest BCUT2D eigenvalue weighted by Crippen LogP contribution is 2.30. The van der Waals surface area contributed by atoms with Gasteiger partial charge < -0.3 is 5.32 Å². The minimum absolute atomic E-state index is 0. The Kier molecular flexibility index (Phi) is 9.18. The Morgan fingerprint density at radius 2 is 1.59 bits per heavy atom. The fourth-order valence-corrected chi connectivity index (χ4v) is 4.06. The average molecular weight is 484 g/mol. The van der Waals surface area contributed by atoms with E-state index in [1.165, 1.54) is 34.4 Å². The van der Waals surface area contributed by atoms with Gasteiger partial charge in [-0.1, -0.05) is 0 Å². The minimum Gasteiger partial charge on any atom is -0.312 e. The summed E-state index contributed by atoms with van der Waals surface area (Å²) in [6, 6.07) is 5.94. The largest absolute Gasteiger partial charge is 0.352 e. The van der Waals surface area contributed by atoms with E-state index in [4.69, 9.17) is 9.78 Å². The SMILES string of the molecule is CC(=O)OOc1ccc(C(=O)CCC(=O)c2cc3c(s2)CCNC3)cc1OOC(C)=O.Cl. The van der Waals surface area contributed by atoms with Gasteiger partial charge in [0.15, 0.2) is 11.6 Å². The summed E-state index contributed by atoms with van der Waals surface area (Å²) in [5.74, 6) is -2.02. The smallest absolute Gasteiger partial charge is 0.312 e. The van der Waals surface area contributed by atoms with Gasteiger partial charge in [0.2, 0.25) is 11.5 Å². The molecule has 0 amide bonds. The minimum atomic E-state index is -0.727. The molecule has 2 heterocycles. The normalized spacial score (nSPS) is 12.1. The first-order chi connectivity index (χ1) is 14.8. The molecule has 1 aliphatic rings. The zero-order valence-corrected chi connectivity index (χ0v) is 19.1. The number of hydrogen-bond donors (Lipinski definition) is 1. The molecule has 0 saturated heterocycles. The number of thiophene rings is 1. The Morgan fingerprint density at radius 1 is 0.938 bits per heavy atom. The molecule has 0 fully saturated rings. The van der Waals surface area contributed by atoms with Gasteiger partial charge in [0, 0.05) is 56.3 Å². The number of halogens is 1. The van der Waals surface area contributed by atoms with Gasteiger partial charge in [-0.05, 0) is 30.2 Å². The first-order valence-electron chi connectivity index (χ1n) is 9.56. The van der Waals surface area contributed by atoms with Crippen LogP contribution in [0.2, 0.25) is 0 Å². The molecule has 9 nitrogen and oxygen atoms in total. The first-order valence-corrected chi connectivity index (χ1v) is 10.4. The number of hydrogen-bond acceptors (Lipinski definition) is 10. The van der Waals surface area contributed by atoms with Crippen molar-refractivity contribution in [2.45, 2.75) is 39.7 Å². The van der Waals surface area contributed by atoms with Gasteiger partial charge in [0.25, 0.3) is 0 Å². The molecule has 3 rings (SSSR count). The zero-order chi connectivity index (χ0) is 22.4. The van der Waals surface area contributed by atoms with Crippen molar-refractivity contribution in [3.8, 4) is 11.5 Å². The van der Waals surface area contributed by atoms with Crippen LogP contribution in [0.1, 0.15) is 57.2 Å². The van der Waals surface area contributed by atoms with Crippen LogP contribution in [0, 0.1) is 0 Å². The molecular formula is C21H22ClNO8S. The summed E-state index contributed by atoms with van der Waals surface area (Å²) < 4.78 is 0. The Hall–Kier alpha value is -2.95. The molecule has 0 saturated carbocycles. The molecule has 1 aromatic heterocycles. The van der Waals surface area contributed by atoms with E-state index in [9.17, 15) is 19.2 Å². The fourth-order valence-electron chi connectivity index (χ4n) is 2.91. The van der Waals surface area contributed by atoms with Crippen molar-refractivity contribution >= 4 is 47.2 Å². The van der Waals surface area contributed by atoms with Crippen LogP contribution in [0.15, 0.2) is 24.3 Å². The van der Waals surface area contributed by atoms with E-state index in [0.29, 0.717) is 4.88 Å². The van der Waals surface area contributed by atoms with Gasteiger partial charge in [-0.2, -0.15) is 0 Å². The molecule has 1 N–H and O–H groups in total. The third kappa shape index (κ3) is 6.78. The number of rotatable bonds is 9. The maximum atomic E-state index is 12.6. The van der Waals surface area contributed by atoms with Crippen molar-refractivity contribution in [1.29, 1.82) is 0 Å². The first kappa shape index (κ1) is 25.3. The lowest BCUT2D eigenvalue weighted by Gasteiger charge is -2.10. The van der Waals surface area contributed by atoms with E-state index in [0.717, 1.165) is 38.9 Å². The fraction of sp³-hybridized carbons (Fsp3) is 0.333.